The lowest BCUT2D eigenvalue weighted by atomic mass is 9.95. The maximum atomic E-state index is 14.8. The number of β-amino-alcohol motifs (C(OH)–C–C–N with tert-alkyl or cyclic N) is 1. The average Bonchev–Trinajstić information content (AvgIpc) is 1.79. The van der Waals surface area contributed by atoms with Gasteiger partial charge in [-0.25, -0.2) is 4.79 Å². The Labute approximate surface area is 779 Å². The number of aliphatic carboxylic acids is 1. The van der Waals surface area contributed by atoms with Gasteiger partial charge >= 0.3 is 5.97 Å². The van der Waals surface area contributed by atoms with E-state index in [4.69, 9.17) is 51.3 Å². The molecule has 2 aromatic carbocycles. The maximum Gasteiger partial charge on any atom is 0.326 e. The normalized spacial score (nSPS) is 17.1. The number of benzene rings is 2. The third-order valence-electron chi connectivity index (χ3n) is 21.4. The van der Waals surface area contributed by atoms with Gasteiger partial charge in [-0.05, 0) is 152 Å². The van der Waals surface area contributed by atoms with Crippen molar-refractivity contribution in [3.8, 4) is 11.5 Å². The number of aliphatic hydroxyl groups is 3. The predicted octanol–water partition coefficient (Wildman–Crippen LogP) is -10.7. The summed E-state index contributed by atoms with van der Waals surface area (Å²) in [6, 6.07) is -15.8. The van der Waals surface area contributed by atoms with Gasteiger partial charge in [0.05, 0.1) is 37.2 Å². The van der Waals surface area contributed by atoms with Crippen LogP contribution in [0.3, 0.4) is 0 Å². The van der Waals surface area contributed by atoms with Gasteiger partial charge in [0, 0.05) is 42.9 Å². The summed E-state index contributed by atoms with van der Waals surface area (Å²) >= 11 is 8.74. The van der Waals surface area contributed by atoms with Crippen LogP contribution in [-0.2, 0) is 99.1 Å². The Bertz CT molecular complexity index is 4310. The van der Waals surface area contributed by atoms with Gasteiger partial charge in [-0.1, -0.05) is 58.4 Å². The molecule has 17 amide bonds. The Morgan fingerprint density at radius 3 is 1.20 bits per heavy atom. The molecule has 2 aromatic rings. The van der Waals surface area contributed by atoms with Crippen molar-refractivity contribution in [2.45, 2.75) is 265 Å². The van der Waals surface area contributed by atoms with E-state index in [1.807, 2.05) is 0 Å². The van der Waals surface area contributed by atoms with Crippen LogP contribution in [0.25, 0.3) is 0 Å². The van der Waals surface area contributed by atoms with Crippen LogP contribution in [0.5, 0.6) is 11.5 Å². The summed E-state index contributed by atoms with van der Waals surface area (Å²) in [7, 11) is 0. The Morgan fingerprint density at radius 2 is 0.820 bits per heavy atom. The van der Waals surface area contributed by atoms with Crippen LogP contribution in [0.2, 0.25) is 0 Å². The number of hydrogen-bond acceptors (Lipinski definition) is 31. The molecule has 0 aromatic heterocycles. The largest absolute Gasteiger partial charge is 0.508 e. The fraction of sp³-hybridized carbons (Fsp3) is 0.622. The van der Waals surface area contributed by atoms with Crippen molar-refractivity contribution in [2.75, 3.05) is 45.0 Å². The number of nitrogens with zero attached hydrogens (tertiary/aromatic N) is 1. The number of nitrogens with two attached hydrogens (primary N) is 8. The van der Waals surface area contributed by atoms with E-state index < -0.39 is 276 Å². The number of thiol groups is 2. The van der Waals surface area contributed by atoms with Gasteiger partial charge in [0.2, 0.25) is 100 Å². The summed E-state index contributed by atoms with van der Waals surface area (Å²) < 4.78 is -1.47. The van der Waals surface area contributed by atoms with E-state index in [-0.39, 0.29) is 108 Å². The van der Waals surface area contributed by atoms with Gasteiger partial charge < -0.3 is 161 Å². The topological polar surface area (TPSA) is 844 Å². The Balaban J connectivity index is 1.93. The highest BCUT2D eigenvalue weighted by molar-refractivity contribution is 7.81. The highest BCUT2D eigenvalue weighted by Crippen LogP contribution is 2.25. The molecule has 1 heterocycles. The molecule has 49 nitrogen and oxygen atoms in total. The number of carboxylic acids is 1. The number of phenols is 2. The monoisotopic (exact) mass is 1920 g/mol. The summed E-state index contributed by atoms with van der Waals surface area (Å²) in [4.78, 5) is 252. The average molecular weight is 1920 g/mol. The summed E-state index contributed by atoms with van der Waals surface area (Å²) in [6.45, 7) is 10.5. The molecule has 0 unspecified atom stereocenters. The molecule has 3 rings (SSSR count). The van der Waals surface area contributed by atoms with Crippen LogP contribution in [-0.4, -0.2) is 313 Å². The second-order valence-electron chi connectivity index (χ2n) is 33.3. The van der Waals surface area contributed by atoms with E-state index in [1.165, 1.54) is 62.4 Å². The van der Waals surface area contributed by atoms with Crippen LogP contribution in [0.1, 0.15) is 144 Å². The molecule has 0 spiro atoms. The van der Waals surface area contributed by atoms with Crippen molar-refractivity contribution in [3.05, 3.63) is 59.7 Å². The van der Waals surface area contributed by atoms with Crippen molar-refractivity contribution in [2.24, 2.45) is 57.7 Å². The third-order valence-corrected chi connectivity index (χ3v) is 22.0. The molecule has 0 radical (unpaired) electrons. The predicted molar refractivity (Wildman–Crippen MR) is 488 cm³/mol. The number of carbonyl (C=O) groups is 18. The van der Waals surface area contributed by atoms with E-state index in [9.17, 15) is 117 Å². The molecule has 1 aliphatic heterocycles. The van der Waals surface area contributed by atoms with Crippen LogP contribution < -0.4 is 126 Å². The van der Waals surface area contributed by atoms with Crippen LogP contribution in [0, 0.1) is 17.2 Å². The van der Waals surface area contributed by atoms with E-state index in [2.05, 4.69) is 105 Å². The minimum Gasteiger partial charge on any atom is -0.508 e. The zero-order valence-corrected chi connectivity index (χ0v) is 77.4. The van der Waals surface area contributed by atoms with Crippen molar-refractivity contribution in [1.29, 1.82) is 5.41 Å². The van der Waals surface area contributed by atoms with Gasteiger partial charge in [-0.15, -0.1) is 0 Å². The van der Waals surface area contributed by atoms with E-state index in [1.54, 1.807) is 27.7 Å². The Morgan fingerprint density at radius 1 is 0.466 bits per heavy atom. The SMILES string of the molecule is CC[C@H](C)[C@H](NC(=O)[C@@H]1C[C@@H](O)CN1C(=O)[C@@H](N)C(C)C)C(=O)N[C@H](C(=O)N[C@@H](Cc1ccc(O)cc1)C(=O)N[C@@H](CCN)C(=O)N[C@@H](CC(N)=O)C(=O)N[C@@H](CCCNC(=N)N)C(=O)N[C@@H](CCN)C(=O)N[C@H](C(=O)N[C@H](CCN)C(=O)N[C@@H](CCCCN)C(=O)N[C@H](C(=O)N[C@@H](CC(N)=O)C(=O)N[C@@H](CS)C(=O)N[C@@H](Cc1ccc(O)cc1)C(=O)O)[C@@H](C)O)[C@@H](C)O)C(C)(C)S. The number of likely N-dealkylation sites (tertiary alicyclic amines) is 1. The molecule has 0 aliphatic carbocycles. The number of carbonyl (C=O) groups excluding carboxylic acids is 17. The third kappa shape index (κ3) is 39.1. The fourth-order valence-electron chi connectivity index (χ4n) is 13.6. The van der Waals surface area contributed by atoms with Gasteiger partial charge in [0.1, 0.15) is 102 Å². The molecular formula is C82H135N25O24S2. The Kier molecular flexibility index (Phi) is 49.3. The number of carboxylic acid groups (broad SMARTS) is 1. The second kappa shape index (κ2) is 56.9. The first kappa shape index (κ1) is 115. The molecule has 20 atom stereocenters. The number of amides is 17. The van der Waals surface area contributed by atoms with E-state index in [0.29, 0.717) is 17.5 Å². The molecule has 1 fully saturated rings. The molecular weight excluding hydrogens is 1780 g/mol. The number of primary amides is 2. The van der Waals surface area contributed by atoms with Crippen molar-refractivity contribution >= 4 is 138 Å². The quantitative estimate of drug-likeness (QED) is 0.0127. The number of rotatable bonds is 59. The second-order valence-corrected chi connectivity index (χ2v) is 34.8. The summed E-state index contributed by atoms with van der Waals surface area (Å²) in [5, 5.41) is 106. The first-order chi connectivity index (χ1) is 62.4. The minimum absolute atomic E-state index is 0.0771. The van der Waals surface area contributed by atoms with Gasteiger partial charge in [-0.3, -0.25) is 86.9 Å². The number of nitrogens with one attached hydrogen (secondary N) is 16. The van der Waals surface area contributed by atoms with Crippen molar-refractivity contribution in [1.82, 2.24) is 84.7 Å². The number of hydrogen-bond donors (Lipinski definition) is 32. The lowest BCUT2D eigenvalue weighted by molar-refractivity contribution is -0.142. The number of aliphatic hydroxyl groups excluding tert-OH is 3. The van der Waals surface area contributed by atoms with Gasteiger partial charge in [0.15, 0.2) is 5.96 Å². The lowest BCUT2D eigenvalue weighted by Gasteiger charge is -2.34. The van der Waals surface area contributed by atoms with Crippen molar-refractivity contribution < 1.29 is 117 Å². The van der Waals surface area contributed by atoms with Crippen LogP contribution in [0.15, 0.2) is 48.5 Å². The fourth-order valence-corrected chi connectivity index (χ4v) is 14.0. The van der Waals surface area contributed by atoms with Crippen molar-refractivity contribution in [3.63, 3.8) is 0 Å². The molecule has 0 bridgehead atoms. The van der Waals surface area contributed by atoms with Crippen LogP contribution in [0.4, 0.5) is 0 Å². The summed E-state index contributed by atoms with van der Waals surface area (Å²) in [6.07, 6.45) is -8.77. The molecule has 51 heteroatoms. The molecule has 1 saturated heterocycles. The number of phenolic OH excluding ortho intramolecular Hbond substituents is 2. The van der Waals surface area contributed by atoms with E-state index in [0.717, 1.165) is 18.7 Å². The van der Waals surface area contributed by atoms with Crippen LogP contribution >= 0.6 is 25.3 Å². The van der Waals surface area contributed by atoms with Gasteiger partial charge in [-0.2, -0.15) is 25.3 Å². The smallest absolute Gasteiger partial charge is 0.326 e. The molecule has 744 valence electrons. The Hall–Kier alpha value is -11.8. The molecule has 1 aliphatic rings. The highest BCUT2D eigenvalue weighted by atomic mass is 32.1. The summed E-state index contributed by atoms with van der Waals surface area (Å²) in [5.74, 6) is -22.5. The standard InChI is InChI=1S/C82H135N25O24S2/c1-9-39(4)61(103-74(124)57-33-46(112)36-107(57)79(129)60(89)38(2)3)75(125)106-64(82(7,8)133)78(128)100-52(31-42-15-19-44(110)20-16-42)70(120)96-49(23-27-84)67(117)98-53(34-58(87)113)71(121)94-48(14-12-30-92-81(90)91)65(115)95-51(25-29-86)69(119)105-62(40(5)108)76(126)97-50(24-28-85)66(116)93-47(13-10-11-26-83)68(118)104-63(41(6)109)77(127)99-54(35-59(88)114)72(122)102-56(37-132)73(123)101-55(80(130)131)32-43-17-21-45(111)22-18-43/h15-22,38-41,46-57,60-64,108-112,132-133H,9-14,23-37,83-86,89H2,1-8H3,(H2,87,113)(H2,88,114)(H,93,116)(H,94,121)(H,95,115)(H,96,120)(H,97,126)(H,98,117)(H,99,127)(H,100,128)(H,101,123)(H,102,122)(H,103,124)(H,104,118)(H,105,119)(H,106,125)(H,130,131)(H4,90,91,92)/t39-,40+,41+,46+,47-,48-,49-,50+,51-,52-,53-,54-,55-,56-,57-,60-,61-,62-,63-,64+/m0/s1. The highest BCUT2D eigenvalue weighted by Gasteiger charge is 2.46. The van der Waals surface area contributed by atoms with E-state index >= 15 is 0 Å². The number of guanidine groups is 1. The molecule has 0 saturated carbocycles. The first-order valence-corrected chi connectivity index (χ1v) is 44.4. The zero-order valence-electron chi connectivity index (χ0n) is 75.6. The zero-order chi connectivity index (χ0) is 101. The van der Waals surface area contributed by atoms with Gasteiger partial charge in [0.25, 0.3) is 0 Å². The number of aromatic hydroxyl groups is 2. The lowest BCUT2D eigenvalue weighted by Crippen LogP contribution is -2.64. The molecule has 133 heavy (non-hydrogen) atoms. The number of unbranched alkanes of at least 4 members (excludes halogenated alkanes) is 1. The summed E-state index contributed by atoms with van der Waals surface area (Å²) in [5.41, 5.74) is 47.0. The minimum atomic E-state index is -2.00. The maximum absolute atomic E-state index is 14.8. The first-order valence-electron chi connectivity index (χ1n) is 43.3. The molecule has 38 N–H and O–H groups in total.